The molecule has 116 valence electrons. The number of rotatable bonds is 3. The Balaban J connectivity index is 2.29. The molecule has 0 radical (unpaired) electrons. The van der Waals surface area contributed by atoms with E-state index in [1.807, 2.05) is 0 Å². The van der Waals surface area contributed by atoms with Crippen LogP contribution in [-0.4, -0.2) is 5.11 Å². The van der Waals surface area contributed by atoms with Crippen LogP contribution in [0.25, 0.3) is 0 Å². The molecule has 4 heteroatoms. The van der Waals surface area contributed by atoms with E-state index in [-0.39, 0.29) is 16.7 Å². The molecule has 3 aromatic rings. The van der Waals surface area contributed by atoms with Gasteiger partial charge in [0.2, 0.25) is 0 Å². The van der Waals surface area contributed by atoms with Crippen molar-refractivity contribution in [2.75, 3.05) is 0 Å². The van der Waals surface area contributed by atoms with E-state index in [0.29, 0.717) is 0 Å². The monoisotopic (exact) mass is 314 g/mol. The Morgan fingerprint density at radius 1 is 0.565 bits per heavy atom. The summed E-state index contributed by atoms with van der Waals surface area (Å²) in [4.78, 5) is 0. The van der Waals surface area contributed by atoms with Gasteiger partial charge in [0, 0.05) is 0 Å². The lowest BCUT2D eigenvalue weighted by atomic mass is 9.80. The van der Waals surface area contributed by atoms with Crippen LogP contribution >= 0.6 is 0 Å². The number of benzene rings is 3. The van der Waals surface area contributed by atoms with Crippen LogP contribution in [0.3, 0.4) is 0 Å². The Kier molecular flexibility index (Phi) is 3.92. The third-order valence-corrected chi connectivity index (χ3v) is 3.73. The van der Waals surface area contributed by atoms with E-state index in [1.165, 1.54) is 54.6 Å². The van der Waals surface area contributed by atoms with E-state index >= 15 is 0 Å². The summed E-state index contributed by atoms with van der Waals surface area (Å²) in [6.07, 6.45) is 0. The minimum Gasteiger partial charge on any atom is -0.376 e. The van der Waals surface area contributed by atoms with E-state index in [4.69, 9.17) is 0 Å². The van der Waals surface area contributed by atoms with E-state index in [2.05, 4.69) is 0 Å². The lowest BCUT2D eigenvalue weighted by Crippen LogP contribution is -2.29. The molecule has 0 fully saturated rings. The van der Waals surface area contributed by atoms with Gasteiger partial charge in [-0.2, -0.15) is 0 Å². The van der Waals surface area contributed by atoms with Crippen LogP contribution < -0.4 is 0 Å². The SMILES string of the molecule is OC(c1cccc(F)c1)(c1cccc(F)c1)c1cccc(F)c1. The largest absolute Gasteiger partial charge is 0.376 e. The maximum absolute atomic E-state index is 13.6. The molecular weight excluding hydrogens is 301 g/mol. The quantitative estimate of drug-likeness (QED) is 0.711. The molecule has 0 aromatic heterocycles. The molecule has 0 amide bonds. The maximum atomic E-state index is 13.6. The van der Waals surface area contributed by atoms with E-state index in [1.54, 1.807) is 0 Å². The van der Waals surface area contributed by atoms with Gasteiger partial charge in [-0.05, 0) is 53.1 Å². The maximum Gasteiger partial charge on any atom is 0.140 e. The Labute approximate surface area is 131 Å². The molecule has 0 aliphatic rings. The van der Waals surface area contributed by atoms with Crippen LogP contribution in [-0.2, 0) is 5.60 Å². The normalized spacial score (nSPS) is 11.5. The predicted octanol–water partition coefficient (Wildman–Crippen LogP) is 4.39. The number of aliphatic hydroxyl groups is 1. The summed E-state index contributed by atoms with van der Waals surface area (Å²) in [5.74, 6) is -1.64. The second-order valence-corrected chi connectivity index (χ2v) is 5.24. The van der Waals surface area contributed by atoms with Gasteiger partial charge in [0.25, 0.3) is 0 Å². The molecular formula is C19H13F3O. The smallest absolute Gasteiger partial charge is 0.140 e. The summed E-state index contributed by atoms with van der Waals surface area (Å²) in [5.41, 5.74) is -1.30. The van der Waals surface area contributed by atoms with Gasteiger partial charge in [0.1, 0.15) is 23.1 Å². The number of hydrogen-bond acceptors (Lipinski definition) is 1. The van der Waals surface area contributed by atoms with Crippen LogP contribution in [0.15, 0.2) is 72.8 Å². The third-order valence-electron chi connectivity index (χ3n) is 3.73. The fraction of sp³-hybridized carbons (Fsp3) is 0.0526. The van der Waals surface area contributed by atoms with Gasteiger partial charge >= 0.3 is 0 Å². The molecule has 1 nitrogen and oxygen atoms in total. The Morgan fingerprint density at radius 2 is 0.870 bits per heavy atom. The van der Waals surface area contributed by atoms with Crippen LogP contribution in [0.5, 0.6) is 0 Å². The highest BCUT2D eigenvalue weighted by molar-refractivity contribution is 5.47. The molecule has 0 saturated heterocycles. The summed E-state index contributed by atoms with van der Waals surface area (Å²) in [6.45, 7) is 0. The van der Waals surface area contributed by atoms with E-state index in [9.17, 15) is 18.3 Å². The molecule has 0 aliphatic carbocycles. The minimum atomic E-state index is -1.87. The lowest BCUT2D eigenvalue weighted by Gasteiger charge is -2.30. The van der Waals surface area contributed by atoms with E-state index in [0.717, 1.165) is 18.2 Å². The standard InChI is InChI=1S/C19H13F3O/c20-16-7-1-4-13(10-16)19(23,14-5-2-8-17(21)11-14)15-6-3-9-18(22)12-15/h1-12,23H. The third kappa shape index (κ3) is 2.85. The van der Waals surface area contributed by atoms with Crippen molar-refractivity contribution in [3.05, 3.63) is 107 Å². The Hall–Kier alpha value is -2.59. The van der Waals surface area contributed by atoms with Crippen molar-refractivity contribution in [3.63, 3.8) is 0 Å². The van der Waals surface area contributed by atoms with Crippen molar-refractivity contribution in [2.45, 2.75) is 5.60 Å². The van der Waals surface area contributed by atoms with Gasteiger partial charge < -0.3 is 5.11 Å². The molecule has 0 spiro atoms. The second-order valence-electron chi connectivity index (χ2n) is 5.24. The fourth-order valence-corrected chi connectivity index (χ4v) is 2.64. The average molecular weight is 314 g/mol. The minimum absolute atomic E-state index is 0.189. The van der Waals surface area contributed by atoms with Crippen molar-refractivity contribution in [2.24, 2.45) is 0 Å². The first kappa shape index (κ1) is 15.3. The van der Waals surface area contributed by atoms with Crippen molar-refractivity contribution in [1.82, 2.24) is 0 Å². The lowest BCUT2D eigenvalue weighted by molar-refractivity contribution is 0.124. The highest BCUT2D eigenvalue weighted by Gasteiger charge is 2.34. The van der Waals surface area contributed by atoms with Crippen LogP contribution in [0.4, 0.5) is 13.2 Å². The summed E-state index contributed by atoms with van der Waals surface area (Å²) in [7, 11) is 0. The zero-order chi connectivity index (χ0) is 16.4. The topological polar surface area (TPSA) is 20.2 Å². The molecule has 0 aliphatic heterocycles. The molecule has 0 bridgehead atoms. The van der Waals surface area contributed by atoms with Gasteiger partial charge in [0.05, 0.1) is 0 Å². The van der Waals surface area contributed by atoms with E-state index < -0.39 is 23.1 Å². The summed E-state index contributed by atoms with van der Waals surface area (Å²) < 4.78 is 40.9. The summed E-state index contributed by atoms with van der Waals surface area (Å²) >= 11 is 0. The number of halogens is 3. The summed E-state index contributed by atoms with van der Waals surface area (Å²) in [6, 6.07) is 16.0. The van der Waals surface area contributed by atoms with Crippen LogP contribution in [0.1, 0.15) is 16.7 Å². The molecule has 0 saturated carbocycles. The first-order valence-electron chi connectivity index (χ1n) is 7.00. The fourth-order valence-electron chi connectivity index (χ4n) is 2.64. The van der Waals surface area contributed by atoms with Crippen LogP contribution in [0, 0.1) is 17.5 Å². The molecule has 0 atom stereocenters. The molecule has 23 heavy (non-hydrogen) atoms. The molecule has 0 heterocycles. The zero-order valence-corrected chi connectivity index (χ0v) is 12.0. The van der Waals surface area contributed by atoms with Gasteiger partial charge in [0.15, 0.2) is 0 Å². The molecule has 1 N–H and O–H groups in total. The first-order chi connectivity index (χ1) is 11.0. The van der Waals surface area contributed by atoms with Gasteiger partial charge in [-0.1, -0.05) is 36.4 Å². The molecule has 3 rings (SSSR count). The summed E-state index contributed by atoms with van der Waals surface area (Å²) in [5, 5.41) is 11.3. The van der Waals surface area contributed by atoms with Crippen LogP contribution in [0.2, 0.25) is 0 Å². The van der Waals surface area contributed by atoms with Gasteiger partial charge in [-0.15, -0.1) is 0 Å². The second kappa shape index (κ2) is 5.89. The van der Waals surface area contributed by atoms with Crippen molar-refractivity contribution < 1.29 is 18.3 Å². The Morgan fingerprint density at radius 3 is 1.13 bits per heavy atom. The molecule has 0 unspecified atom stereocenters. The predicted molar refractivity (Wildman–Crippen MR) is 81.3 cm³/mol. The van der Waals surface area contributed by atoms with Crippen molar-refractivity contribution in [3.8, 4) is 0 Å². The van der Waals surface area contributed by atoms with Crippen molar-refractivity contribution in [1.29, 1.82) is 0 Å². The van der Waals surface area contributed by atoms with Crippen molar-refractivity contribution >= 4 is 0 Å². The highest BCUT2D eigenvalue weighted by Crippen LogP contribution is 2.37. The van der Waals surface area contributed by atoms with Gasteiger partial charge in [-0.25, -0.2) is 13.2 Å². The van der Waals surface area contributed by atoms with Gasteiger partial charge in [-0.3, -0.25) is 0 Å². The zero-order valence-electron chi connectivity index (χ0n) is 12.0. The first-order valence-corrected chi connectivity index (χ1v) is 7.00. The highest BCUT2D eigenvalue weighted by atomic mass is 19.1. The number of hydrogen-bond donors (Lipinski definition) is 1. The average Bonchev–Trinajstić information content (AvgIpc) is 2.54. The Bertz CT molecular complexity index is 734. The molecule has 3 aromatic carbocycles.